The lowest BCUT2D eigenvalue weighted by Gasteiger charge is -2.13. The largest absolute Gasteiger partial charge is 0.383 e. The second-order valence-electron chi connectivity index (χ2n) is 5.39. The Bertz CT molecular complexity index is 879. The fourth-order valence-electron chi connectivity index (χ4n) is 2.43. The zero-order valence-corrected chi connectivity index (χ0v) is 16.2. The number of fused-ring (bicyclic) bond motifs is 1. The minimum Gasteiger partial charge on any atom is -0.383 e. The Labute approximate surface area is 153 Å². The van der Waals surface area contributed by atoms with Gasteiger partial charge < -0.3 is 9.47 Å². The number of sulfonamides is 2. The molecule has 0 unspecified atom stereocenters. The average Bonchev–Trinajstić information content (AvgIpc) is 2.61. The molecule has 2 rings (SSSR count). The van der Waals surface area contributed by atoms with Crippen LogP contribution in [0.25, 0.3) is 10.8 Å². The molecule has 0 heterocycles. The monoisotopic (exact) mass is 402 g/mol. The van der Waals surface area contributed by atoms with E-state index in [1.165, 1.54) is 38.5 Å². The standard InChI is InChI=1S/C16H22N2O6S2/c1-23-11-9-17-25(19,20)15-7-3-6-14-13(15)5-4-8-16(14)26(21,22)18-10-12-24-2/h3-8,17-18H,9-12H2,1-2H3. The first kappa shape index (κ1) is 20.7. The molecule has 0 atom stereocenters. The van der Waals surface area contributed by atoms with E-state index in [9.17, 15) is 16.8 Å². The van der Waals surface area contributed by atoms with Gasteiger partial charge in [-0.2, -0.15) is 0 Å². The van der Waals surface area contributed by atoms with Crippen LogP contribution in [0, 0.1) is 0 Å². The van der Waals surface area contributed by atoms with E-state index in [2.05, 4.69) is 9.44 Å². The Morgan fingerprint density at radius 1 is 0.731 bits per heavy atom. The molecule has 0 spiro atoms. The van der Waals surface area contributed by atoms with Gasteiger partial charge >= 0.3 is 0 Å². The fraction of sp³-hybridized carbons (Fsp3) is 0.375. The third kappa shape index (κ3) is 4.78. The minimum absolute atomic E-state index is 0.0139. The summed E-state index contributed by atoms with van der Waals surface area (Å²) in [5.74, 6) is 0. The predicted octanol–water partition coefficient (Wildman–Crippen LogP) is 0.689. The van der Waals surface area contributed by atoms with E-state index < -0.39 is 20.0 Å². The first-order valence-electron chi connectivity index (χ1n) is 7.82. The molecule has 144 valence electrons. The topological polar surface area (TPSA) is 111 Å². The van der Waals surface area contributed by atoms with Gasteiger partial charge in [0.25, 0.3) is 0 Å². The van der Waals surface area contributed by atoms with Crippen molar-refractivity contribution in [3.63, 3.8) is 0 Å². The highest BCUT2D eigenvalue weighted by Crippen LogP contribution is 2.28. The second-order valence-corrected chi connectivity index (χ2v) is 8.86. The van der Waals surface area contributed by atoms with E-state index in [1.807, 2.05) is 0 Å². The molecule has 0 amide bonds. The molecule has 0 saturated carbocycles. The molecule has 26 heavy (non-hydrogen) atoms. The normalized spacial score (nSPS) is 12.5. The van der Waals surface area contributed by atoms with Gasteiger partial charge in [-0.15, -0.1) is 0 Å². The number of nitrogens with one attached hydrogen (secondary N) is 2. The van der Waals surface area contributed by atoms with Gasteiger partial charge in [0, 0.05) is 38.1 Å². The van der Waals surface area contributed by atoms with Crippen molar-refractivity contribution in [1.29, 1.82) is 0 Å². The van der Waals surface area contributed by atoms with Crippen LogP contribution in [0.4, 0.5) is 0 Å². The van der Waals surface area contributed by atoms with Gasteiger partial charge in [0.2, 0.25) is 20.0 Å². The summed E-state index contributed by atoms with van der Waals surface area (Å²) in [4.78, 5) is 0.0279. The summed E-state index contributed by atoms with van der Waals surface area (Å²) >= 11 is 0. The molecule has 0 fully saturated rings. The van der Waals surface area contributed by atoms with Gasteiger partial charge in [-0.1, -0.05) is 24.3 Å². The van der Waals surface area contributed by atoms with E-state index >= 15 is 0 Å². The summed E-state index contributed by atoms with van der Waals surface area (Å²) in [7, 11) is -4.67. The Kier molecular flexibility index (Phi) is 7.09. The second kappa shape index (κ2) is 8.89. The van der Waals surface area contributed by atoms with Crippen molar-refractivity contribution < 1.29 is 26.3 Å². The zero-order chi connectivity index (χ0) is 19.2. The molecule has 0 aromatic heterocycles. The number of ether oxygens (including phenoxy) is 2. The third-order valence-corrected chi connectivity index (χ3v) is 6.66. The van der Waals surface area contributed by atoms with Crippen molar-refractivity contribution in [2.45, 2.75) is 9.79 Å². The maximum absolute atomic E-state index is 12.5. The van der Waals surface area contributed by atoms with Crippen LogP contribution in [0.2, 0.25) is 0 Å². The lowest BCUT2D eigenvalue weighted by molar-refractivity contribution is 0.204. The molecule has 0 aliphatic heterocycles. The molecule has 2 aromatic rings. The van der Waals surface area contributed by atoms with Gasteiger partial charge in [-0.05, 0) is 12.1 Å². The van der Waals surface area contributed by atoms with Gasteiger partial charge in [-0.25, -0.2) is 26.3 Å². The molecule has 0 radical (unpaired) electrons. The Hall–Kier alpha value is -1.56. The maximum Gasteiger partial charge on any atom is 0.241 e. The van der Waals surface area contributed by atoms with Crippen molar-refractivity contribution in [3.8, 4) is 0 Å². The molecular weight excluding hydrogens is 380 g/mol. The number of methoxy groups -OCH3 is 2. The van der Waals surface area contributed by atoms with Crippen molar-refractivity contribution >= 4 is 30.8 Å². The molecule has 8 nitrogen and oxygen atoms in total. The van der Waals surface area contributed by atoms with Crippen LogP contribution in [-0.2, 0) is 29.5 Å². The number of benzene rings is 2. The lowest BCUT2D eigenvalue weighted by atomic mass is 10.1. The Morgan fingerprint density at radius 3 is 1.46 bits per heavy atom. The number of rotatable bonds is 10. The van der Waals surface area contributed by atoms with E-state index in [4.69, 9.17) is 9.47 Å². The summed E-state index contributed by atoms with van der Waals surface area (Å²) in [5.41, 5.74) is 0. The molecule has 10 heteroatoms. The molecule has 2 N–H and O–H groups in total. The van der Waals surface area contributed by atoms with Crippen molar-refractivity contribution in [2.24, 2.45) is 0 Å². The van der Waals surface area contributed by atoms with Gasteiger partial charge in [0.15, 0.2) is 0 Å². The van der Waals surface area contributed by atoms with E-state index in [0.717, 1.165) is 0 Å². The summed E-state index contributed by atoms with van der Waals surface area (Å²) in [5, 5.41) is 0.652. The SMILES string of the molecule is COCCNS(=O)(=O)c1cccc2c(S(=O)(=O)NCCOC)cccc12. The summed E-state index contributed by atoms with van der Waals surface area (Å²) < 4.78 is 64.7. The Morgan fingerprint density at radius 2 is 1.12 bits per heavy atom. The van der Waals surface area contributed by atoms with E-state index in [-0.39, 0.29) is 36.1 Å². The molecule has 2 aromatic carbocycles. The Balaban J connectivity index is 2.49. The quantitative estimate of drug-likeness (QED) is 0.566. The van der Waals surface area contributed by atoms with Crippen LogP contribution >= 0.6 is 0 Å². The van der Waals surface area contributed by atoms with Crippen LogP contribution < -0.4 is 9.44 Å². The first-order chi connectivity index (χ1) is 12.3. The molecule has 0 saturated heterocycles. The number of hydrogen-bond acceptors (Lipinski definition) is 6. The molecule has 0 aliphatic rings. The molecule has 0 aliphatic carbocycles. The summed E-state index contributed by atoms with van der Waals surface area (Å²) in [6, 6.07) is 9.06. The van der Waals surface area contributed by atoms with E-state index in [0.29, 0.717) is 10.8 Å². The van der Waals surface area contributed by atoms with Crippen LogP contribution in [0.1, 0.15) is 0 Å². The van der Waals surface area contributed by atoms with Gasteiger partial charge in [-0.3, -0.25) is 0 Å². The number of hydrogen-bond donors (Lipinski definition) is 2. The maximum atomic E-state index is 12.5. The van der Waals surface area contributed by atoms with Crippen LogP contribution in [0.3, 0.4) is 0 Å². The molecule has 0 bridgehead atoms. The fourth-order valence-corrected chi connectivity index (χ4v) is 4.90. The minimum atomic E-state index is -3.81. The van der Waals surface area contributed by atoms with E-state index in [1.54, 1.807) is 12.1 Å². The van der Waals surface area contributed by atoms with Gasteiger partial charge in [0.1, 0.15) is 0 Å². The van der Waals surface area contributed by atoms with Crippen LogP contribution in [0.5, 0.6) is 0 Å². The zero-order valence-electron chi connectivity index (χ0n) is 14.6. The molecular formula is C16H22N2O6S2. The highest BCUT2D eigenvalue weighted by atomic mass is 32.2. The van der Waals surface area contributed by atoms with Crippen LogP contribution in [-0.4, -0.2) is 57.4 Å². The van der Waals surface area contributed by atoms with Gasteiger partial charge in [0.05, 0.1) is 23.0 Å². The van der Waals surface area contributed by atoms with Crippen molar-refractivity contribution in [1.82, 2.24) is 9.44 Å². The highest BCUT2D eigenvalue weighted by molar-refractivity contribution is 7.90. The average molecular weight is 402 g/mol. The van der Waals surface area contributed by atoms with Crippen molar-refractivity contribution in [3.05, 3.63) is 36.4 Å². The van der Waals surface area contributed by atoms with Crippen LogP contribution in [0.15, 0.2) is 46.2 Å². The highest BCUT2D eigenvalue weighted by Gasteiger charge is 2.21. The summed E-state index contributed by atoms with van der Waals surface area (Å²) in [6.45, 7) is 0.692. The predicted molar refractivity (Wildman–Crippen MR) is 98.1 cm³/mol. The lowest BCUT2D eigenvalue weighted by Crippen LogP contribution is -2.28. The first-order valence-corrected chi connectivity index (χ1v) is 10.8. The van der Waals surface area contributed by atoms with Crippen molar-refractivity contribution in [2.75, 3.05) is 40.5 Å². The summed E-state index contributed by atoms with van der Waals surface area (Å²) in [6.07, 6.45) is 0. The third-order valence-electron chi connectivity index (χ3n) is 3.62. The smallest absolute Gasteiger partial charge is 0.241 e.